The molecule has 1 heterocycles. The summed E-state index contributed by atoms with van der Waals surface area (Å²) in [6, 6.07) is 24.6. The maximum absolute atomic E-state index is 13.2. The minimum Gasteiger partial charge on any atom is -0.496 e. The quantitative estimate of drug-likeness (QED) is 0.514. The normalized spacial score (nSPS) is 20.7. The van der Waals surface area contributed by atoms with Gasteiger partial charge in [-0.05, 0) is 42.0 Å². The fourth-order valence-corrected chi connectivity index (χ4v) is 5.10. The van der Waals surface area contributed by atoms with Crippen molar-refractivity contribution in [3.8, 4) is 5.75 Å². The molecule has 0 saturated carbocycles. The molecular formula is C28H28N2O2. The summed E-state index contributed by atoms with van der Waals surface area (Å²) in [4.78, 5) is 13.2. The summed E-state index contributed by atoms with van der Waals surface area (Å²) < 4.78 is 5.67. The smallest absolute Gasteiger partial charge is 0.253 e. The molecular weight excluding hydrogens is 396 g/mol. The number of rotatable bonds is 6. The number of hydrogen-bond donors (Lipinski definition) is 2. The SMILES string of the molecule is COc1ccccc1C1Nc2c(C(=O)NCCc3ccccc3)cccc2C2C=CCC21. The Morgan fingerprint density at radius 3 is 2.62 bits per heavy atom. The van der Waals surface area contributed by atoms with Crippen molar-refractivity contribution in [3.05, 3.63) is 107 Å². The third kappa shape index (κ3) is 3.77. The van der Waals surface area contributed by atoms with E-state index in [2.05, 4.69) is 53.1 Å². The third-order valence-electron chi connectivity index (χ3n) is 6.66. The molecule has 0 bridgehead atoms. The number of hydrogen-bond acceptors (Lipinski definition) is 3. The Bertz CT molecular complexity index is 1140. The van der Waals surface area contributed by atoms with Crippen molar-refractivity contribution >= 4 is 11.6 Å². The Kier molecular flexibility index (Phi) is 5.68. The topological polar surface area (TPSA) is 50.4 Å². The second kappa shape index (κ2) is 8.91. The van der Waals surface area contributed by atoms with E-state index in [1.165, 1.54) is 11.1 Å². The number of anilines is 1. The van der Waals surface area contributed by atoms with Crippen LogP contribution in [0.4, 0.5) is 5.69 Å². The van der Waals surface area contributed by atoms with Crippen LogP contribution in [0.1, 0.15) is 45.4 Å². The number of methoxy groups -OCH3 is 1. The first-order chi connectivity index (χ1) is 15.8. The van der Waals surface area contributed by atoms with Gasteiger partial charge in [0.25, 0.3) is 5.91 Å². The lowest BCUT2D eigenvalue weighted by atomic mass is 9.76. The molecule has 5 rings (SSSR count). The van der Waals surface area contributed by atoms with Crippen molar-refractivity contribution in [2.45, 2.75) is 24.8 Å². The van der Waals surface area contributed by atoms with E-state index in [9.17, 15) is 4.79 Å². The number of para-hydroxylation sites is 2. The van der Waals surface area contributed by atoms with Gasteiger partial charge >= 0.3 is 0 Å². The van der Waals surface area contributed by atoms with E-state index >= 15 is 0 Å². The Hall–Kier alpha value is -3.53. The van der Waals surface area contributed by atoms with E-state index in [0.717, 1.165) is 29.8 Å². The van der Waals surface area contributed by atoms with Gasteiger partial charge in [-0.15, -0.1) is 0 Å². The number of ether oxygens (including phenoxy) is 1. The maximum Gasteiger partial charge on any atom is 0.253 e. The van der Waals surface area contributed by atoms with Crippen molar-refractivity contribution in [2.24, 2.45) is 5.92 Å². The summed E-state index contributed by atoms with van der Waals surface area (Å²) in [5.41, 5.74) is 5.20. The number of nitrogens with one attached hydrogen (secondary N) is 2. The van der Waals surface area contributed by atoms with Gasteiger partial charge in [0.2, 0.25) is 0 Å². The number of carbonyl (C=O) groups excluding carboxylic acids is 1. The van der Waals surface area contributed by atoms with E-state index in [4.69, 9.17) is 4.74 Å². The average molecular weight is 425 g/mol. The highest BCUT2D eigenvalue weighted by molar-refractivity contribution is 6.00. The molecule has 32 heavy (non-hydrogen) atoms. The molecule has 0 saturated heterocycles. The third-order valence-corrected chi connectivity index (χ3v) is 6.66. The van der Waals surface area contributed by atoms with Crippen LogP contribution in [-0.4, -0.2) is 19.6 Å². The first-order valence-electron chi connectivity index (χ1n) is 11.3. The minimum atomic E-state index is -0.0375. The summed E-state index contributed by atoms with van der Waals surface area (Å²) in [5, 5.41) is 6.85. The van der Waals surface area contributed by atoms with Crippen LogP contribution in [0, 0.1) is 5.92 Å². The molecule has 0 fully saturated rings. The van der Waals surface area contributed by atoms with Gasteiger partial charge in [0.05, 0.1) is 24.4 Å². The number of benzene rings is 3. The zero-order chi connectivity index (χ0) is 21.9. The lowest BCUT2D eigenvalue weighted by Gasteiger charge is -2.38. The Morgan fingerprint density at radius 1 is 1.00 bits per heavy atom. The largest absolute Gasteiger partial charge is 0.496 e. The molecule has 3 unspecified atom stereocenters. The van der Waals surface area contributed by atoms with Crippen LogP contribution in [0.3, 0.4) is 0 Å². The summed E-state index contributed by atoms with van der Waals surface area (Å²) in [5.74, 6) is 1.53. The molecule has 2 aliphatic rings. The van der Waals surface area contributed by atoms with Gasteiger partial charge in [0.15, 0.2) is 0 Å². The number of fused-ring (bicyclic) bond motifs is 3. The number of allylic oxidation sites excluding steroid dienone is 2. The van der Waals surface area contributed by atoms with Crippen molar-refractivity contribution in [1.82, 2.24) is 5.32 Å². The molecule has 162 valence electrons. The molecule has 3 aromatic carbocycles. The zero-order valence-electron chi connectivity index (χ0n) is 18.3. The van der Waals surface area contributed by atoms with Crippen molar-refractivity contribution in [2.75, 3.05) is 19.0 Å². The monoisotopic (exact) mass is 424 g/mol. The number of amides is 1. The minimum absolute atomic E-state index is 0.0375. The van der Waals surface area contributed by atoms with Crippen LogP contribution in [0.2, 0.25) is 0 Å². The van der Waals surface area contributed by atoms with E-state index in [0.29, 0.717) is 23.9 Å². The van der Waals surface area contributed by atoms with Crippen LogP contribution in [-0.2, 0) is 6.42 Å². The highest BCUT2D eigenvalue weighted by atomic mass is 16.5. The van der Waals surface area contributed by atoms with E-state index < -0.39 is 0 Å². The van der Waals surface area contributed by atoms with Gasteiger partial charge < -0.3 is 15.4 Å². The fraction of sp³-hybridized carbons (Fsp3) is 0.250. The molecule has 0 radical (unpaired) electrons. The molecule has 4 nitrogen and oxygen atoms in total. The first-order valence-corrected chi connectivity index (χ1v) is 11.3. The fourth-order valence-electron chi connectivity index (χ4n) is 5.10. The van der Waals surface area contributed by atoms with Crippen LogP contribution >= 0.6 is 0 Å². The maximum atomic E-state index is 13.2. The lowest BCUT2D eigenvalue weighted by Crippen LogP contribution is -2.32. The summed E-state index contributed by atoms with van der Waals surface area (Å²) in [6.07, 6.45) is 6.38. The van der Waals surface area contributed by atoms with Gasteiger partial charge in [0, 0.05) is 18.0 Å². The Balaban J connectivity index is 1.43. The van der Waals surface area contributed by atoms with E-state index in [1.807, 2.05) is 42.5 Å². The molecule has 1 amide bonds. The van der Waals surface area contributed by atoms with Crippen molar-refractivity contribution in [1.29, 1.82) is 0 Å². The first kappa shape index (κ1) is 20.4. The van der Waals surface area contributed by atoms with Crippen LogP contribution in [0.25, 0.3) is 0 Å². The average Bonchev–Trinajstić information content (AvgIpc) is 3.34. The second-order valence-corrected chi connectivity index (χ2v) is 8.48. The van der Waals surface area contributed by atoms with Crippen molar-refractivity contribution in [3.63, 3.8) is 0 Å². The Labute approximate surface area is 189 Å². The standard InChI is InChI=1S/C28H28N2O2/c1-32-25-16-6-5-11-23(25)26-21-13-7-12-20(21)22-14-8-15-24(27(22)30-26)28(31)29-18-17-19-9-3-2-4-10-19/h2-12,14-16,20-21,26,30H,13,17-18H2,1H3,(H,29,31). The van der Waals surface area contributed by atoms with E-state index in [1.54, 1.807) is 7.11 Å². The molecule has 2 N–H and O–H groups in total. The van der Waals surface area contributed by atoms with E-state index in [-0.39, 0.29) is 11.9 Å². The highest BCUT2D eigenvalue weighted by Crippen LogP contribution is 2.51. The predicted octanol–water partition coefficient (Wildman–Crippen LogP) is 5.49. The highest BCUT2D eigenvalue weighted by Gasteiger charge is 2.40. The summed E-state index contributed by atoms with van der Waals surface area (Å²) in [6.45, 7) is 0.606. The van der Waals surface area contributed by atoms with Crippen LogP contribution in [0.5, 0.6) is 5.75 Å². The van der Waals surface area contributed by atoms with Gasteiger partial charge in [-0.25, -0.2) is 0 Å². The number of carbonyl (C=O) groups is 1. The molecule has 4 heteroatoms. The lowest BCUT2D eigenvalue weighted by molar-refractivity contribution is 0.0954. The van der Waals surface area contributed by atoms with Gasteiger partial charge in [-0.3, -0.25) is 4.79 Å². The van der Waals surface area contributed by atoms with Crippen LogP contribution < -0.4 is 15.4 Å². The summed E-state index contributed by atoms with van der Waals surface area (Å²) in [7, 11) is 1.71. The van der Waals surface area contributed by atoms with Crippen molar-refractivity contribution < 1.29 is 9.53 Å². The molecule has 0 aromatic heterocycles. The zero-order valence-corrected chi connectivity index (χ0v) is 18.3. The molecule has 1 aliphatic heterocycles. The van der Waals surface area contributed by atoms with Gasteiger partial charge in [-0.2, -0.15) is 0 Å². The second-order valence-electron chi connectivity index (χ2n) is 8.48. The van der Waals surface area contributed by atoms with Gasteiger partial charge in [0.1, 0.15) is 5.75 Å². The predicted molar refractivity (Wildman–Crippen MR) is 128 cm³/mol. The van der Waals surface area contributed by atoms with Gasteiger partial charge in [-0.1, -0.05) is 72.8 Å². The summed E-state index contributed by atoms with van der Waals surface area (Å²) >= 11 is 0. The molecule has 0 spiro atoms. The van der Waals surface area contributed by atoms with Crippen LogP contribution in [0.15, 0.2) is 84.9 Å². The molecule has 1 aliphatic carbocycles. The Morgan fingerprint density at radius 2 is 1.78 bits per heavy atom. The molecule has 3 atom stereocenters. The molecule has 3 aromatic rings.